The van der Waals surface area contributed by atoms with Gasteiger partial charge in [-0.15, -0.1) is 0 Å². The normalized spacial score (nSPS) is 26.5. The zero-order valence-corrected chi connectivity index (χ0v) is 10.0. The Kier molecular flexibility index (Phi) is 3.38. The van der Waals surface area contributed by atoms with Gasteiger partial charge >= 0.3 is 0 Å². The summed E-state index contributed by atoms with van der Waals surface area (Å²) in [6, 6.07) is 0. The Hall–Kier alpha value is -0.940. The van der Waals surface area contributed by atoms with Gasteiger partial charge in [0.05, 0.1) is 0 Å². The van der Waals surface area contributed by atoms with Gasteiger partial charge in [0.15, 0.2) is 5.82 Å². The first-order chi connectivity index (χ1) is 8.42. The number of aromatic nitrogens is 2. The van der Waals surface area contributed by atoms with Gasteiger partial charge < -0.3 is 14.6 Å². The Morgan fingerprint density at radius 1 is 1.24 bits per heavy atom. The van der Waals surface area contributed by atoms with Crippen molar-refractivity contribution < 1.29 is 9.26 Å². The highest BCUT2D eigenvalue weighted by Crippen LogP contribution is 2.27. The number of nitrogens with zero attached hydrogens (tertiary/aromatic N) is 2. The zero-order valence-electron chi connectivity index (χ0n) is 10.0. The number of hydrogen-bond acceptors (Lipinski definition) is 5. The van der Waals surface area contributed by atoms with Gasteiger partial charge in [-0.2, -0.15) is 4.98 Å². The molecule has 0 radical (unpaired) electrons. The molecule has 5 nitrogen and oxygen atoms in total. The monoisotopic (exact) mass is 237 g/mol. The van der Waals surface area contributed by atoms with Crippen LogP contribution in [0.4, 0.5) is 0 Å². The smallest absolute Gasteiger partial charge is 0.255 e. The van der Waals surface area contributed by atoms with Crippen LogP contribution in [-0.4, -0.2) is 29.8 Å². The van der Waals surface area contributed by atoms with E-state index in [0.29, 0.717) is 11.8 Å². The van der Waals surface area contributed by atoms with Crippen molar-refractivity contribution in [3.8, 4) is 0 Å². The van der Waals surface area contributed by atoms with E-state index in [1.54, 1.807) is 0 Å². The van der Waals surface area contributed by atoms with E-state index in [9.17, 15) is 0 Å². The second kappa shape index (κ2) is 5.14. The average Bonchev–Trinajstić information content (AvgIpc) is 3.00. The van der Waals surface area contributed by atoms with Gasteiger partial charge in [-0.05, 0) is 44.7 Å². The topological polar surface area (TPSA) is 60.2 Å². The van der Waals surface area contributed by atoms with E-state index in [1.807, 2.05) is 0 Å². The minimum absolute atomic E-state index is 0.0456. The van der Waals surface area contributed by atoms with E-state index in [1.165, 1.54) is 12.8 Å². The second-order valence-electron chi connectivity index (χ2n) is 4.95. The summed E-state index contributed by atoms with van der Waals surface area (Å²) < 4.78 is 10.8. The molecule has 0 aromatic carbocycles. The molecule has 2 saturated heterocycles. The Morgan fingerprint density at radius 2 is 2.12 bits per heavy atom. The van der Waals surface area contributed by atoms with Crippen LogP contribution in [0.15, 0.2) is 4.52 Å². The fourth-order valence-electron chi connectivity index (χ4n) is 2.60. The summed E-state index contributed by atoms with van der Waals surface area (Å²) in [5.74, 6) is 2.22. The lowest BCUT2D eigenvalue weighted by molar-refractivity contribution is 0.0835. The van der Waals surface area contributed by atoms with Crippen molar-refractivity contribution in [1.29, 1.82) is 0 Å². The summed E-state index contributed by atoms with van der Waals surface area (Å²) in [6.07, 6.45) is 5.52. The highest BCUT2D eigenvalue weighted by Gasteiger charge is 2.24. The van der Waals surface area contributed by atoms with Gasteiger partial charge in [0.1, 0.15) is 6.10 Å². The standard InChI is InChI=1S/C12H19N3O2/c1-2-10(16-7-1)12-14-11(15-17-12)8-9-3-5-13-6-4-9/h9-10,13H,1-8H2. The predicted octanol–water partition coefficient (Wildman–Crippen LogP) is 1.46. The van der Waals surface area contributed by atoms with Crippen LogP contribution in [-0.2, 0) is 11.2 Å². The van der Waals surface area contributed by atoms with Crippen LogP contribution in [0.2, 0.25) is 0 Å². The van der Waals surface area contributed by atoms with Crippen LogP contribution >= 0.6 is 0 Å². The summed E-state index contributed by atoms with van der Waals surface area (Å²) in [5, 5.41) is 7.43. The minimum atomic E-state index is 0.0456. The second-order valence-corrected chi connectivity index (χ2v) is 4.95. The molecule has 0 amide bonds. The first-order valence-corrected chi connectivity index (χ1v) is 6.56. The molecule has 0 aliphatic carbocycles. The molecule has 0 bridgehead atoms. The molecule has 1 aromatic heterocycles. The first kappa shape index (κ1) is 11.2. The Balaban J connectivity index is 1.59. The molecule has 1 atom stereocenters. The highest BCUT2D eigenvalue weighted by atomic mass is 16.5. The molecule has 1 N–H and O–H groups in total. The molecule has 3 rings (SSSR count). The zero-order chi connectivity index (χ0) is 11.5. The van der Waals surface area contributed by atoms with Gasteiger partial charge in [0.2, 0.25) is 0 Å². The molecular formula is C12H19N3O2. The third kappa shape index (κ3) is 2.66. The van der Waals surface area contributed by atoms with Crippen molar-refractivity contribution in [3.63, 3.8) is 0 Å². The van der Waals surface area contributed by atoms with E-state index in [0.717, 1.165) is 44.8 Å². The lowest BCUT2D eigenvalue weighted by Gasteiger charge is -2.20. The van der Waals surface area contributed by atoms with E-state index in [-0.39, 0.29) is 6.10 Å². The maximum atomic E-state index is 5.54. The van der Waals surface area contributed by atoms with Crippen LogP contribution in [0.1, 0.15) is 43.5 Å². The summed E-state index contributed by atoms with van der Waals surface area (Å²) in [5.41, 5.74) is 0. The molecule has 17 heavy (non-hydrogen) atoms. The van der Waals surface area contributed by atoms with Gasteiger partial charge in [-0.1, -0.05) is 5.16 Å². The molecule has 1 aromatic rings. The van der Waals surface area contributed by atoms with E-state index < -0.39 is 0 Å². The molecule has 94 valence electrons. The minimum Gasteiger partial charge on any atom is -0.368 e. The lowest BCUT2D eigenvalue weighted by Crippen LogP contribution is -2.28. The largest absolute Gasteiger partial charge is 0.368 e. The van der Waals surface area contributed by atoms with Crippen LogP contribution in [0.5, 0.6) is 0 Å². The molecule has 1 unspecified atom stereocenters. The third-order valence-electron chi connectivity index (χ3n) is 3.62. The van der Waals surface area contributed by atoms with E-state index in [4.69, 9.17) is 9.26 Å². The van der Waals surface area contributed by atoms with Crippen molar-refractivity contribution in [2.45, 2.75) is 38.2 Å². The van der Waals surface area contributed by atoms with Crippen LogP contribution in [0.3, 0.4) is 0 Å². The summed E-state index contributed by atoms with van der Waals surface area (Å²) in [6.45, 7) is 3.04. The predicted molar refractivity (Wildman–Crippen MR) is 61.5 cm³/mol. The van der Waals surface area contributed by atoms with Crippen molar-refractivity contribution in [3.05, 3.63) is 11.7 Å². The maximum Gasteiger partial charge on any atom is 0.255 e. The number of rotatable bonds is 3. The van der Waals surface area contributed by atoms with Crippen LogP contribution in [0, 0.1) is 5.92 Å². The first-order valence-electron chi connectivity index (χ1n) is 6.56. The van der Waals surface area contributed by atoms with Crippen LogP contribution in [0.25, 0.3) is 0 Å². The van der Waals surface area contributed by atoms with Crippen molar-refractivity contribution in [2.75, 3.05) is 19.7 Å². The Labute approximate surface area is 101 Å². The highest BCUT2D eigenvalue weighted by molar-refractivity contribution is 4.93. The third-order valence-corrected chi connectivity index (χ3v) is 3.62. The number of nitrogens with one attached hydrogen (secondary N) is 1. The maximum absolute atomic E-state index is 5.54. The number of hydrogen-bond donors (Lipinski definition) is 1. The van der Waals surface area contributed by atoms with Gasteiger partial charge in [-0.3, -0.25) is 0 Å². The lowest BCUT2D eigenvalue weighted by atomic mass is 9.94. The molecule has 3 heterocycles. The van der Waals surface area contributed by atoms with Crippen molar-refractivity contribution in [2.24, 2.45) is 5.92 Å². The van der Waals surface area contributed by atoms with E-state index >= 15 is 0 Å². The number of ether oxygens (including phenoxy) is 1. The SMILES string of the molecule is C1COC(c2nc(CC3CCNCC3)no2)C1. The fourth-order valence-corrected chi connectivity index (χ4v) is 2.60. The molecule has 2 fully saturated rings. The molecule has 5 heteroatoms. The quantitative estimate of drug-likeness (QED) is 0.862. The Bertz CT molecular complexity index is 354. The Morgan fingerprint density at radius 3 is 2.88 bits per heavy atom. The summed E-state index contributed by atoms with van der Waals surface area (Å²) in [4.78, 5) is 4.46. The molecule has 2 aliphatic rings. The van der Waals surface area contributed by atoms with Crippen LogP contribution < -0.4 is 5.32 Å². The summed E-state index contributed by atoms with van der Waals surface area (Å²) in [7, 11) is 0. The summed E-state index contributed by atoms with van der Waals surface area (Å²) >= 11 is 0. The molecule has 2 aliphatic heterocycles. The molecule has 0 spiro atoms. The fraction of sp³-hybridized carbons (Fsp3) is 0.833. The molecular weight excluding hydrogens is 218 g/mol. The number of piperidine rings is 1. The van der Waals surface area contributed by atoms with Gasteiger partial charge in [0, 0.05) is 13.0 Å². The van der Waals surface area contributed by atoms with Crippen molar-refractivity contribution >= 4 is 0 Å². The molecule has 0 saturated carbocycles. The van der Waals surface area contributed by atoms with Gasteiger partial charge in [-0.25, -0.2) is 0 Å². The average molecular weight is 237 g/mol. The van der Waals surface area contributed by atoms with Crippen molar-refractivity contribution in [1.82, 2.24) is 15.5 Å². The van der Waals surface area contributed by atoms with E-state index in [2.05, 4.69) is 15.5 Å². The van der Waals surface area contributed by atoms with Gasteiger partial charge in [0.25, 0.3) is 5.89 Å².